The first-order chi connectivity index (χ1) is 16.5. The van der Waals surface area contributed by atoms with Crippen molar-refractivity contribution in [2.45, 2.75) is 0 Å². The maximum Gasteiger partial charge on any atom is 0.280 e. The van der Waals surface area contributed by atoms with Crippen LogP contribution in [0, 0.1) is 0 Å². The quantitative estimate of drug-likeness (QED) is 0.361. The van der Waals surface area contributed by atoms with Gasteiger partial charge in [-0.1, -0.05) is 60.1 Å². The molecular formula is C26H16ClN3O4. The Morgan fingerprint density at radius 1 is 0.912 bits per heavy atom. The molecule has 5 rings (SSSR count). The molecule has 0 bridgehead atoms. The first-order valence-electron chi connectivity index (χ1n) is 10.3. The third kappa shape index (κ3) is 4.00. The average molecular weight is 470 g/mol. The van der Waals surface area contributed by atoms with Gasteiger partial charge in [0, 0.05) is 28.2 Å². The molecule has 0 saturated heterocycles. The minimum absolute atomic E-state index is 0.0353. The van der Waals surface area contributed by atoms with Crippen LogP contribution in [0.3, 0.4) is 0 Å². The third-order valence-electron chi connectivity index (χ3n) is 5.17. The Morgan fingerprint density at radius 3 is 2.47 bits per heavy atom. The van der Waals surface area contributed by atoms with E-state index in [1.54, 1.807) is 78.9 Å². The van der Waals surface area contributed by atoms with Gasteiger partial charge in [0.1, 0.15) is 5.58 Å². The van der Waals surface area contributed by atoms with Crippen molar-refractivity contribution in [1.29, 1.82) is 0 Å². The molecule has 1 N–H and O–H groups in total. The Morgan fingerprint density at radius 2 is 1.68 bits per heavy atom. The lowest BCUT2D eigenvalue weighted by Gasteiger charge is -2.09. The van der Waals surface area contributed by atoms with Crippen LogP contribution in [0.4, 0.5) is 5.69 Å². The van der Waals surface area contributed by atoms with Crippen LogP contribution in [-0.4, -0.2) is 21.5 Å². The summed E-state index contributed by atoms with van der Waals surface area (Å²) in [7, 11) is 0. The molecule has 0 aliphatic rings. The maximum absolute atomic E-state index is 13.2. The van der Waals surface area contributed by atoms with Gasteiger partial charge < -0.3 is 9.73 Å². The van der Waals surface area contributed by atoms with Crippen LogP contribution in [0.25, 0.3) is 16.7 Å². The van der Waals surface area contributed by atoms with Gasteiger partial charge in [-0.3, -0.25) is 14.4 Å². The van der Waals surface area contributed by atoms with Gasteiger partial charge in [0.05, 0.1) is 11.4 Å². The Bertz CT molecular complexity index is 1610. The van der Waals surface area contributed by atoms with E-state index in [9.17, 15) is 14.4 Å². The van der Waals surface area contributed by atoms with E-state index in [1.165, 1.54) is 16.9 Å². The third-order valence-corrected chi connectivity index (χ3v) is 5.41. The number of carbonyl (C=O) groups is 2. The fourth-order valence-corrected chi connectivity index (χ4v) is 3.73. The molecule has 0 spiro atoms. The summed E-state index contributed by atoms with van der Waals surface area (Å²) in [6.07, 6.45) is 1.45. The van der Waals surface area contributed by atoms with Crippen molar-refractivity contribution in [3.05, 3.63) is 123 Å². The predicted octanol–water partition coefficient (Wildman–Crippen LogP) is 5.12. The van der Waals surface area contributed by atoms with Crippen LogP contribution in [-0.2, 0) is 0 Å². The molecule has 0 unspecified atom stereocenters. The van der Waals surface area contributed by atoms with Crippen molar-refractivity contribution < 1.29 is 14.0 Å². The van der Waals surface area contributed by atoms with Crippen molar-refractivity contribution in [2.24, 2.45) is 0 Å². The van der Waals surface area contributed by atoms with Gasteiger partial charge >= 0.3 is 0 Å². The number of rotatable bonds is 5. The molecule has 0 atom stereocenters. The molecule has 0 saturated carbocycles. The number of aromatic nitrogens is 2. The van der Waals surface area contributed by atoms with Gasteiger partial charge in [-0.05, 0) is 30.3 Å². The summed E-state index contributed by atoms with van der Waals surface area (Å²) < 4.78 is 7.19. The summed E-state index contributed by atoms with van der Waals surface area (Å²) in [6, 6.07) is 23.6. The molecule has 34 heavy (non-hydrogen) atoms. The van der Waals surface area contributed by atoms with Crippen molar-refractivity contribution in [3.8, 4) is 5.69 Å². The number of nitrogens with one attached hydrogen (secondary N) is 1. The van der Waals surface area contributed by atoms with Crippen LogP contribution in [0.15, 0.2) is 100 Å². The Labute approximate surface area is 198 Å². The molecule has 0 aliphatic heterocycles. The zero-order valence-electron chi connectivity index (χ0n) is 17.6. The highest BCUT2D eigenvalue weighted by molar-refractivity contribution is 6.30. The van der Waals surface area contributed by atoms with E-state index in [2.05, 4.69) is 10.4 Å². The number of nitrogens with zero attached hydrogens (tertiary/aromatic N) is 2. The van der Waals surface area contributed by atoms with Crippen LogP contribution >= 0.6 is 11.6 Å². The van der Waals surface area contributed by atoms with Gasteiger partial charge in [-0.25, -0.2) is 4.68 Å². The molecule has 0 radical (unpaired) electrons. The van der Waals surface area contributed by atoms with Crippen molar-refractivity contribution in [1.82, 2.24) is 9.78 Å². The zero-order chi connectivity index (χ0) is 23.7. The number of ketones is 1. The van der Waals surface area contributed by atoms with E-state index in [0.717, 1.165) is 0 Å². The van der Waals surface area contributed by atoms with Crippen LogP contribution in [0.5, 0.6) is 0 Å². The number of furan rings is 1. The molecule has 5 aromatic rings. The molecule has 1 amide bonds. The first kappa shape index (κ1) is 21.4. The monoisotopic (exact) mass is 469 g/mol. The highest BCUT2D eigenvalue weighted by atomic mass is 35.5. The topological polar surface area (TPSA) is 94.2 Å². The maximum atomic E-state index is 13.2. The van der Waals surface area contributed by atoms with E-state index >= 15 is 0 Å². The van der Waals surface area contributed by atoms with Crippen molar-refractivity contribution >= 4 is 39.9 Å². The molecule has 8 heteroatoms. The fourth-order valence-electron chi connectivity index (χ4n) is 3.55. The summed E-state index contributed by atoms with van der Waals surface area (Å²) in [4.78, 5) is 38.8. The standard InChI is InChI=1S/C26H16ClN3O4/c27-17-9-6-10-18(15-17)30-14-13-20(31)23(29-30)26(33)28-22-19-11-4-5-12-21(19)34-25(22)24(32)16-7-2-1-3-8-16/h1-15H,(H,28,33). The number of hydrogen-bond donors (Lipinski definition) is 1. The number of benzene rings is 3. The van der Waals surface area contributed by atoms with Gasteiger partial charge in [-0.15, -0.1) is 0 Å². The average Bonchev–Trinajstić information content (AvgIpc) is 3.22. The number of hydrogen-bond acceptors (Lipinski definition) is 5. The van der Waals surface area contributed by atoms with E-state index in [4.69, 9.17) is 16.0 Å². The minimum atomic E-state index is -0.768. The lowest BCUT2D eigenvalue weighted by atomic mass is 10.1. The predicted molar refractivity (Wildman–Crippen MR) is 129 cm³/mol. The highest BCUT2D eigenvalue weighted by Gasteiger charge is 2.25. The van der Waals surface area contributed by atoms with Gasteiger partial charge in [-0.2, -0.15) is 5.10 Å². The Balaban J connectivity index is 1.56. The molecule has 0 fully saturated rings. The van der Waals surface area contributed by atoms with Crippen molar-refractivity contribution in [3.63, 3.8) is 0 Å². The molecule has 0 aliphatic carbocycles. The van der Waals surface area contributed by atoms with Crippen molar-refractivity contribution in [2.75, 3.05) is 5.32 Å². The second kappa shape index (κ2) is 8.80. The summed E-state index contributed by atoms with van der Waals surface area (Å²) in [5.74, 6) is -1.20. The number of para-hydroxylation sites is 1. The Kier molecular flexibility index (Phi) is 5.53. The molecule has 166 valence electrons. The molecule has 2 aromatic heterocycles. The lowest BCUT2D eigenvalue weighted by Crippen LogP contribution is -2.26. The van der Waals surface area contributed by atoms with Crippen LogP contribution in [0.2, 0.25) is 5.02 Å². The minimum Gasteiger partial charge on any atom is -0.450 e. The summed E-state index contributed by atoms with van der Waals surface area (Å²) in [5, 5.41) is 7.88. The molecule has 2 heterocycles. The second-order valence-electron chi connectivity index (χ2n) is 7.40. The summed E-state index contributed by atoms with van der Waals surface area (Å²) >= 11 is 6.05. The molecular weight excluding hydrogens is 454 g/mol. The summed E-state index contributed by atoms with van der Waals surface area (Å²) in [6.45, 7) is 0. The smallest absolute Gasteiger partial charge is 0.280 e. The number of fused-ring (bicyclic) bond motifs is 1. The SMILES string of the molecule is O=C(c1ccccc1)c1oc2ccccc2c1NC(=O)c1nn(-c2cccc(Cl)c2)ccc1=O. The number of anilines is 1. The molecule has 3 aromatic carbocycles. The van der Waals surface area contributed by atoms with Gasteiger partial charge in [0.2, 0.25) is 11.2 Å². The molecule has 7 nitrogen and oxygen atoms in total. The number of amides is 1. The van der Waals surface area contributed by atoms with Gasteiger partial charge in [0.25, 0.3) is 5.91 Å². The van der Waals surface area contributed by atoms with Gasteiger partial charge in [0.15, 0.2) is 11.5 Å². The van der Waals surface area contributed by atoms with Crippen LogP contribution in [0.1, 0.15) is 26.6 Å². The van der Waals surface area contributed by atoms with E-state index in [0.29, 0.717) is 27.2 Å². The number of carbonyl (C=O) groups excluding carboxylic acids is 2. The lowest BCUT2D eigenvalue weighted by molar-refractivity contribution is 0.101. The van der Waals surface area contributed by atoms with E-state index in [1.807, 2.05) is 0 Å². The number of halogens is 1. The highest BCUT2D eigenvalue weighted by Crippen LogP contribution is 2.32. The normalized spacial score (nSPS) is 10.9. The summed E-state index contributed by atoms with van der Waals surface area (Å²) in [5.41, 5.74) is 0.669. The van der Waals surface area contributed by atoms with E-state index < -0.39 is 17.1 Å². The largest absolute Gasteiger partial charge is 0.450 e. The second-order valence-corrected chi connectivity index (χ2v) is 7.84. The zero-order valence-corrected chi connectivity index (χ0v) is 18.3. The fraction of sp³-hybridized carbons (Fsp3) is 0. The first-order valence-corrected chi connectivity index (χ1v) is 10.7. The van der Waals surface area contributed by atoms with Crippen LogP contribution < -0.4 is 10.7 Å². The Hall–Kier alpha value is -4.49. The van der Waals surface area contributed by atoms with E-state index in [-0.39, 0.29) is 17.1 Å².